The van der Waals surface area contributed by atoms with Gasteiger partial charge in [-0.3, -0.25) is 4.79 Å². The third-order valence-corrected chi connectivity index (χ3v) is 4.59. The Morgan fingerprint density at radius 2 is 0.946 bits per heavy atom. The van der Waals surface area contributed by atoms with Crippen LogP contribution in [0.4, 0.5) is 5.69 Å². The molecule has 0 spiro atoms. The minimum Gasteiger partial charge on any atom is -0.491 e. The predicted octanol–water partition coefficient (Wildman–Crippen LogP) is 1.70. The zero-order valence-electron chi connectivity index (χ0n) is 22.7. The third-order valence-electron chi connectivity index (χ3n) is 4.59. The van der Waals surface area contributed by atoms with E-state index in [-0.39, 0.29) is 5.91 Å². The van der Waals surface area contributed by atoms with Gasteiger partial charge in [-0.2, -0.15) is 0 Å². The van der Waals surface area contributed by atoms with Crippen molar-refractivity contribution in [3.05, 3.63) is 24.3 Å². The number of amides is 1. The molecule has 11 nitrogen and oxygen atoms in total. The summed E-state index contributed by atoms with van der Waals surface area (Å²) in [5, 5.41) is 2.71. The maximum Gasteiger partial charge on any atom is 0.221 e. The zero-order valence-corrected chi connectivity index (χ0v) is 22.7. The van der Waals surface area contributed by atoms with Crippen molar-refractivity contribution in [1.82, 2.24) is 4.90 Å². The molecule has 0 aliphatic rings. The van der Waals surface area contributed by atoms with E-state index in [1.54, 1.807) is 24.3 Å². The number of hydrogen-bond donors (Lipinski definition) is 1. The molecule has 214 valence electrons. The number of benzene rings is 1. The molecule has 0 fully saturated rings. The van der Waals surface area contributed by atoms with Crippen LogP contribution in [0, 0.1) is 0 Å². The second kappa shape index (κ2) is 24.5. The fraction of sp³-hybridized carbons (Fsp3) is 0.731. The highest BCUT2D eigenvalue weighted by Crippen LogP contribution is 2.15. The monoisotopic (exact) mass is 530 g/mol. The van der Waals surface area contributed by atoms with E-state index < -0.39 is 0 Å². The molecule has 0 aliphatic heterocycles. The van der Waals surface area contributed by atoms with Gasteiger partial charge in [0.1, 0.15) is 12.4 Å². The summed E-state index contributed by atoms with van der Waals surface area (Å²) in [6, 6.07) is 7.19. The lowest BCUT2D eigenvalue weighted by Crippen LogP contribution is -2.19. The van der Waals surface area contributed by atoms with Crippen LogP contribution in [-0.2, 0) is 38.0 Å². The molecule has 0 aliphatic carbocycles. The van der Waals surface area contributed by atoms with Crippen LogP contribution in [0.2, 0.25) is 0 Å². The fourth-order valence-electron chi connectivity index (χ4n) is 2.72. The van der Waals surface area contributed by atoms with Gasteiger partial charge in [-0.1, -0.05) is 0 Å². The van der Waals surface area contributed by atoms with E-state index in [0.29, 0.717) is 99.1 Å². The van der Waals surface area contributed by atoms with Crippen molar-refractivity contribution in [2.24, 2.45) is 0 Å². The van der Waals surface area contributed by atoms with Crippen molar-refractivity contribution in [2.45, 2.75) is 6.92 Å². The summed E-state index contributed by atoms with van der Waals surface area (Å²) in [7, 11) is 4.04. The number of ether oxygens (including phenoxy) is 8. The second-order valence-electron chi connectivity index (χ2n) is 8.14. The molecule has 0 bridgehead atoms. The van der Waals surface area contributed by atoms with Gasteiger partial charge in [0, 0.05) is 19.2 Å². The minimum atomic E-state index is -0.103. The van der Waals surface area contributed by atoms with E-state index in [0.717, 1.165) is 18.0 Å². The van der Waals surface area contributed by atoms with Crippen LogP contribution in [0.5, 0.6) is 5.75 Å². The molecule has 0 radical (unpaired) electrons. The average molecular weight is 531 g/mol. The van der Waals surface area contributed by atoms with Gasteiger partial charge in [0.15, 0.2) is 0 Å². The maximum absolute atomic E-state index is 11.0. The molecule has 1 rings (SSSR count). The standard InChI is InChI=1S/C26H46N2O9/c1-24(29)27-25-4-6-26(7-5-25)37-23-22-36-21-20-35-19-18-34-17-16-33-15-14-32-13-12-31-11-10-30-9-8-28(2)3/h4-7H,8-23H2,1-3H3,(H,27,29). The molecule has 1 N–H and O–H groups in total. The number of nitrogens with one attached hydrogen (secondary N) is 1. The molecule has 0 atom stereocenters. The van der Waals surface area contributed by atoms with E-state index in [4.69, 9.17) is 37.9 Å². The highest BCUT2D eigenvalue weighted by atomic mass is 16.6. The Balaban J connectivity index is 1.72. The van der Waals surface area contributed by atoms with E-state index in [1.807, 2.05) is 14.1 Å². The largest absolute Gasteiger partial charge is 0.491 e. The predicted molar refractivity (Wildman–Crippen MR) is 141 cm³/mol. The first kappa shape index (κ1) is 33.2. The summed E-state index contributed by atoms with van der Waals surface area (Å²) in [4.78, 5) is 13.1. The smallest absolute Gasteiger partial charge is 0.221 e. The SMILES string of the molecule is CC(=O)Nc1ccc(OCCOCCOCCOCCOCCOCCOCCOCCN(C)C)cc1. The molecular formula is C26H46N2O9. The van der Waals surface area contributed by atoms with Crippen molar-refractivity contribution in [3.8, 4) is 5.75 Å². The second-order valence-corrected chi connectivity index (χ2v) is 8.14. The summed E-state index contributed by atoms with van der Waals surface area (Å²) >= 11 is 0. The molecule has 0 heterocycles. The molecule has 0 aromatic heterocycles. The van der Waals surface area contributed by atoms with Gasteiger partial charge < -0.3 is 48.1 Å². The summed E-state index contributed by atoms with van der Waals surface area (Å²) in [6.07, 6.45) is 0. The van der Waals surface area contributed by atoms with Crippen molar-refractivity contribution >= 4 is 11.6 Å². The van der Waals surface area contributed by atoms with Gasteiger partial charge in [-0.25, -0.2) is 0 Å². The quantitative estimate of drug-likeness (QED) is 0.178. The summed E-state index contributed by atoms with van der Waals surface area (Å²) in [5.41, 5.74) is 0.737. The highest BCUT2D eigenvalue weighted by molar-refractivity contribution is 5.88. The van der Waals surface area contributed by atoms with Crippen molar-refractivity contribution < 1.29 is 42.7 Å². The Hall–Kier alpha value is -1.83. The number of anilines is 1. The van der Waals surface area contributed by atoms with Gasteiger partial charge in [0.25, 0.3) is 0 Å². The molecule has 0 saturated carbocycles. The molecule has 1 amide bonds. The Bertz CT molecular complexity index is 647. The minimum absolute atomic E-state index is 0.103. The van der Waals surface area contributed by atoms with E-state index >= 15 is 0 Å². The summed E-state index contributed by atoms with van der Waals surface area (Å²) < 4.78 is 43.8. The molecule has 0 unspecified atom stereocenters. The summed E-state index contributed by atoms with van der Waals surface area (Å²) in [5.74, 6) is 0.619. The first-order valence-electron chi connectivity index (χ1n) is 12.8. The molecular weight excluding hydrogens is 484 g/mol. The first-order valence-corrected chi connectivity index (χ1v) is 12.8. The Morgan fingerprint density at radius 1 is 0.595 bits per heavy atom. The maximum atomic E-state index is 11.0. The van der Waals surface area contributed by atoms with Crippen LogP contribution in [-0.4, -0.2) is 131 Å². The van der Waals surface area contributed by atoms with Crippen molar-refractivity contribution in [1.29, 1.82) is 0 Å². The molecule has 11 heteroatoms. The first-order chi connectivity index (χ1) is 18.1. The van der Waals surface area contributed by atoms with E-state index in [2.05, 4.69) is 10.2 Å². The van der Waals surface area contributed by atoms with Crippen molar-refractivity contribution in [3.63, 3.8) is 0 Å². The number of rotatable bonds is 26. The average Bonchev–Trinajstić information content (AvgIpc) is 2.87. The Morgan fingerprint density at radius 3 is 1.30 bits per heavy atom. The van der Waals surface area contributed by atoms with Gasteiger partial charge in [-0.05, 0) is 38.4 Å². The van der Waals surface area contributed by atoms with Gasteiger partial charge in [-0.15, -0.1) is 0 Å². The lowest BCUT2D eigenvalue weighted by molar-refractivity contribution is -0.114. The normalized spacial score (nSPS) is 11.2. The Labute approximate surface area is 221 Å². The van der Waals surface area contributed by atoms with E-state index in [9.17, 15) is 4.79 Å². The third kappa shape index (κ3) is 23.0. The van der Waals surface area contributed by atoms with Crippen LogP contribution >= 0.6 is 0 Å². The van der Waals surface area contributed by atoms with Crippen LogP contribution < -0.4 is 10.1 Å². The number of carbonyl (C=O) groups excluding carboxylic acids is 1. The zero-order chi connectivity index (χ0) is 26.8. The van der Waals surface area contributed by atoms with Gasteiger partial charge in [0.2, 0.25) is 5.91 Å². The number of nitrogens with zero attached hydrogens (tertiary/aromatic N) is 1. The Kier molecular flexibility index (Phi) is 22.0. The van der Waals surface area contributed by atoms with Crippen LogP contribution in [0.15, 0.2) is 24.3 Å². The molecule has 37 heavy (non-hydrogen) atoms. The van der Waals surface area contributed by atoms with Crippen LogP contribution in [0.3, 0.4) is 0 Å². The molecule has 0 saturated heterocycles. The van der Waals surface area contributed by atoms with Crippen LogP contribution in [0.25, 0.3) is 0 Å². The van der Waals surface area contributed by atoms with Crippen molar-refractivity contribution in [2.75, 3.05) is 125 Å². The highest BCUT2D eigenvalue weighted by Gasteiger charge is 1.98. The van der Waals surface area contributed by atoms with Gasteiger partial charge >= 0.3 is 0 Å². The molecule has 1 aromatic carbocycles. The van der Waals surface area contributed by atoms with Crippen LogP contribution in [0.1, 0.15) is 6.92 Å². The topological polar surface area (TPSA) is 106 Å². The number of carbonyl (C=O) groups is 1. The number of likely N-dealkylation sites (N-methyl/N-ethyl adjacent to an activating group) is 1. The van der Waals surface area contributed by atoms with E-state index in [1.165, 1.54) is 6.92 Å². The fourth-order valence-corrected chi connectivity index (χ4v) is 2.72. The van der Waals surface area contributed by atoms with Gasteiger partial charge in [0.05, 0.1) is 92.5 Å². The summed E-state index contributed by atoms with van der Waals surface area (Å²) in [6.45, 7) is 10.4. The molecule has 1 aromatic rings. The number of hydrogen-bond acceptors (Lipinski definition) is 10. The lowest BCUT2D eigenvalue weighted by atomic mass is 10.3. The lowest BCUT2D eigenvalue weighted by Gasteiger charge is -2.10.